The quantitative estimate of drug-likeness (QED) is 0.779. The van der Waals surface area contributed by atoms with Gasteiger partial charge < -0.3 is 5.73 Å². The maximum Gasteiger partial charge on any atom is 0.217 e. The van der Waals surface area contributed by atoms with Crippen LogP contribution in [0.3, 0.4) is 0 Å². The lowest BCUT2D eigenvalue weighted by atomic mass is 9.48. The van der Waals surface area contributed by atoms with Gasteiger partial charge in [0.15, 0.2) is 0 Å². The van der Waals surface area contributed by atoms with E-state index in [0.717, 1.165) is 24.2 Å². The molecule has 0 unspecified atom stereocenters. The zero-order valence-electron chi connectivity index (χ0n) is 10.1. The first-order valence-electron chi connectivity index (χ1n) is 6.93. The lowest BCUT2D eigenvalue weighted by molar-refractivity contribution is -0.118. The highest BCUT2D eigenvalue weighted by atomic mass is 16.1. The topological polar surface area (TPSA) is 43.1 Å². The lowest BCUT2D eigenvalue weighted by Crippen LogP contribution is -2.46. The first-order chi connectivity index (χ1) is 7.65. The summed E-state index contributed by atoms with van der Waals surface area (Å²) in [6, 6.07) is 0. The summed E-state index contributed by atoms with van der Waals surface area (Å²) in [5, 5.41) is 0. The Morgan fingerprint density at radius 3 is 2.00 bits per heavy atom. The van der Waals surface area contributed by atoms with E-state index in [1.54, 1.807) is 0 Å². The summed E-state index contributed by atoms with van der Waals surface area (Å²) in [7, 11) is 0. The van der Waals surface area contributed by atoms with Gasteiger partial charge in [-0.15, -0.1) is 0 Å². The first-order valence-corrected chi connectivity index (χ1v) is 6.93. The monoisotopic (exact) mass is 221 g/mol. The van der Waals surface area contributed by atoms with Gasteiger partial charge in [-0.05, 0) is 74.5 Å². The predicted molar refractivity (Wildman–Crippen MR) is 63.7 cm³/mol. The summed E-state index contributed by atoms with van der Waals surface area (Å²) in [4.78, 5) is 10.8. The molecule has 4 aliphatic carbocycles. The molecular formula is C14H23NO. The van der Waals surface area contributed by atoms with E-state index in [1.807, 2.05) is 0 Å². The number of carbonyl (C=O) groups excluding carboxylic acids is 1. The molecule has 2 heteroatoms. The fraction of sp³-hybridized carbons (Fsp3) is 0.929. The molecule has 4 bridgehead atoms. The lowest BCUT2D eigenvalue weighted by Gasteiger charge is -2.57. The number of primary amides is 1. The van der Waals surface area contributed by atoms with Crippen LogP contribution in [0.4, 0.5) is 0 Å². The van der Waals surface area contributed by atoms with E-state index in [4.69, 9.17) is 5.73 Å². The second-order valence-electron chi connectivity index (χ2n) is 6.74. The standard InChI is InChI=1S/C14H23NO/c15-13(16)2-1-3-14-7-10-4-11(8-14)6-12(5-10)9-14/h10-12H,1-9H2,(H2,15,16). The number of rotatable bonds is 4. The second kappa shape index (κ2) is 3.75. The third-order valence-electron chi connectivity index (χ3n) is 5.30. The van der Waals surface area contributed by atoms with E-state index in [9.17, 15) is 4.79 Å². The Morgan fingerprint density at radius 1 is 1.06 bits per heavy atom. The molecule has 0 aromatic carbocycles. The van der Waals surface area contributed by atoms with Gasteiger partial charge in [-0.2, -0.15) is 0 Å². The normalized spacial score (nSPS) is 44.9. The van der Waals surface area contributed by atoms with E-state index in [0.29, 0.717) is 11.8 Å². The van der Waals surface area contributed by atoms with Crippen molar-refractivity contribution in [3.05, 3.63) is 0 Å². The molecule has 0 spiro atoms. The maximum absolute atomic E-state index is 10.8. The van der Waals surface area contributed by atoms with Crippen molar-refractivity contribution in [1.82, 2.24) is 0 Å². The Balaban J connectivity index is 1.62. The van der Waals surface area contributed by atoms with E-state index in [2.05, 4.69) is 0 Å². The number of amides is 1. The molecule has 16 heavy (non-hydrogen) atoms. The van der Waals surface area contributed by atoms with Crippen LogP contribution < -0.4 is 5.73 Å². The molecule has 4 saturated carbocycles. The molecule has 4 rings (SSSR count). The van der Waals surface area contributed by atoms with Crippen molar-refractivity contribution in [3.8, 4) is 0 Å². The van der Waals surface area contributed by atoms with E-state index in [-0.39, 0.29) is 5.91 Å². The molecule has 90 valence electrons. The zero-order chi connectivity index (χ0) is 11.2. The third kappa shape index (κ3) is 1.87. The first kappa shape index (κ1) is 10.6. The average molecular weight is 221 g/mol. The molecule has 1 amide bonds. The molecule has 2 nitrogen and oxygen atoms in total. The summed E-state index contributed by atoms with van der Waals surface area (Å²) in [6.45, 7) is 0. The Morgan fingerprint density at radius 2 is 1.56 bits per heavy atom. The number of hydrogen-bond donors (Lipinski definition) is 1. The van der Waals surface area contributed by atoms with Crippen molar-refractivity contribution >= 4 is 5.91 Å². The molecule has 2 N–H and O–H groups in total. The van der Waals surface area contributed by atoms with Gasteiger partial charge in [0.25, 0.3) is 0 Å². The molecule has 0 aromatic rings. The van der Waals surface area contributed by atoms with Crippen LogP contribution in [-0.4, -0.2) is 5.91 Å². The average Bonchev–Trinajstić information content (AvgIpc) is 2.13. The van der Waals surface area contributed by atoms with Crippen molar-refractivity contribution in [3.63, 3.8) is 0 Å². The Kier molecular flexibility index (Phi) is 2.49. The van der Waals surface area contributed by atoms with Crippen LogP contribution in [0.1, 0.15) is 57.8 Å². The van der Waals surface area contributed by atoms with Gasteiger partial charge in [-0.1, -0.05) is 0 Å². The van der Waals surface area contributed by atoms with E-state index in [1.165, 1.54) is 44.9 Å². The number of carbonyl (C=O) groups is 1. The Labute approximate surface area is 98.0 Å². The van der Waals surface area contributed by atoms with E-state index >= 15 is 0 Å². The van der Waals surface area contributed by atoms with Gasteiger partial charge in [0, 0.05) is 6.42 Å². The minimum Gasteiger partial charge on any atom is -0.370 e. The number of hydrogen-bond acceptors (Lipinski definition) is 1. The summed E-state index contributed by atoms with van der Waals surface area (Å²) < 4.78 is 0. The molecule has 4 fully saturated rings. The molecule has 0 radical (unpaired) electrons. The largest absolute Gasteiger partial charge is 0.370 e. The van der Waals surface area contributed by atoms with Gasteiger partial charge in [0.2, 0.25) is 5.91 Å². The van der Waals surface area contributed by atoms with Crippen molar-refractivity contribution in [1.29, 1.82) is 0 Å². The summed E-state index contributed by atoms with van der Waals surface area (Å²) in [5.74, 6) is 2.96. The van der Waals surface area contributed by atoms with Gasteiger partial charge in [0.05, 0.1) is 0 Å². The molecule has 4 aliphatic rings. The summed E-state index contributed by atoms with van der Waals surface area (Å²) in [6.07, 6.45) is 11.8. The van der Waals surface area contributed by atoms with Crippen LogP contribution in [0.2, 0.25) is 0 Å². The van der Waals surface area contributed by atoms with Crippen LogP contribution in [-0.2, 0) is 4.79 Å². The molecule has 0 heterocycles. The SMILES string of the molecule is NC(=O)CCCC12CC3CC(CC(C3)C1)C2. The van der Waals surface area contributed by atoms with Crippen LogP contribution in [0.15, 0.2) is 0 Å². The smallest absolute Gasteiger partial charge is 0.217 e. The van der Waals surface area contributed by atoms with Gasteiger partial charge in [-0.25, -0.2) is 0 Å². The molecule has 0 aromatic heterocycles. The Bertz CT molecular complexity index is 262. The minimum absolute atomic E-state index is 0.121. The van der Waals surface area contributed by atoms with Crippen LogP contribution >= 0.6 is 0 Å². The highest BCUT2D eigenvalue weighted by Gasteiger charge is 2.50. The van der Waals surface area contributed by atoms with Crippen LogP contribution in [0.25, 0.3) is 0 Å². The van der Waals surface area contributed by atoms with Crippen molar-refractivity contribution in [2.45, 2.75) is 57.8 Å². The van der Waals surface area contributed by atoms with Gasteiger partial charge >= 0.3 is 0 Å². The second-order valence-corrected chi connectivity index (χ2v) is 6.74. The fourth-order valence-electron chi connectivity index (χ4n) is 5.23. The number of nitrogens with two attached hydrogens (primary N) is 1. The molecule has 0 saturated heterocycles. The molecule has 0 aliphatic heterocycles. The fourth-order valence-corrected chi connectivity index (χ4v) is 5.23. The van der Waals surface area contributed by atoms with E-state index < -0.39 is 0 Å². The maximum atomic E-state index is 10.8. The Hall–Kier alpha value is -0.530. The molecule has 0 atom stereocenters. The summed E-state index contributed by atoms with van der Waals surface area (Å²) >= 11 is 0. The minimum atomic E-state index is -0.121. The third-order valence-corrected chi connectivity index (χ3v) is 5.30. The van der Waals surface area contributed by atoms with Crippen LogP contribution in [0.5, 0.6) is 0 Å². The zero-order valence-corrected chi connectivity index (χ0v) is 10.1. The molecular weight excluding hydrogens is 198 g/mol. The van der Waals surface area contributed by atoms with Gasteiger partial charge in [0.1, 0.15) is 0 Å². The highest BCUT2D eigenvalue weighted by Crippen LogP contribution is 2.61. The van der Waals surface area contributed by atoms with Crippen molar-refractivity contribution in [2.24, 2.45) is 28.9 Å². The van der Waals surface area contributed by atoms with Gasteiger partial charge in [-0.3, -0.25) is 4.79 Å². The van der Waals surface area contributed by atoms with Crippen molar-refractivity contribution < 1.29 is 4.79 Å². The van der Waals surface area contributed by atoms with Crippen molar-refractivity contribution in [2.75, 3.05) is 0 Å². The predicted octanol–water partition coefficient (Wildman–Crippen LogP) is 2.86. The summed E-state index contributed by atoms with van der Waals surface area (Å²) in [5.41, 5.74) is 5.86. The highest BCUT2D eigenvalue weighted by molar-refractivity contribution is 5.73. The van der Waals surface area contributed by atoms with Crippen LogP contribution in [0, 0.1) is 23.2 Å².